The molecule has 2 aliphatic rings. The summed E-state index contributed by atoms with van der Waals surface area (Å²) in [5, 5.41) is 10.5. The lowest BCUT2D eigenvalue weighted by Crippen LogP contribution is -2.58. The topological polar surface area (TPSA) is 132 Å². The number of carbonyl (C=O) groups is 3. The highest BCUT2D eigenvalue weighted by molar-refractivity contribution is 5.95. The van der Waals surface area contributed by atoms with E-state index in [0.29, 0.717) is 35.6 Å². The lowest BCUT2D eigenvalue weighted by Gasteiger charge is -2.39. The van der Waals surface area contributed by atoms with Crippen molar-refractivity contribution in [2.45, 2.75) is 31.5 Å². The zero-order valence-corrected chi connectivity index (χ0v) is 23.3. The first-order valence-electron chi connectivity index (χ1n) is 13.8. The van der Waals surface area contributed by atoms with Gasteiger partial charge in [-0.05, 0) is 48.0 Å². The molecule has 0 unspecified atom stereocenters. The van der Waals surface area contributed by atoms with Crippen LogP contribution >= 0.6 is 0 Å². The molecule has 3 amide bonds. The van der Waals surface area contributed by atoms with Gasteiger partial charge in [0.15, 0.2) is 23.7 Å². The quantitative estimate of drug-likeness (QED) is 0.374. The van der Waals surface area contributed by atoms with Gasteiger partial charge in [0.1, 0.15) is 23.4 Å². The molecule has 4 bridgehead atoms. The molecule has 1 aromatic heterocycles. The molecule has 2 aliphatic heterocycles. The molecule has 3 heterocycles. The Morgan fingerprint density at radius 3 is 2.86 bits per heavy atom. The van der Waals surface area contributed by atoms with Gasteiger partial charge in [-0.15, -0.1) is 0 Å². The SMILES string of the molecule is COc1ccc2cc1OCC(=O)NCc1cc(F)cc(c1)O[C@@H]1CCN(C(=O)Cc3noc4ccccc34)C[C@@H]1NC2=O. The molecule has 6 rings (SSSR count). The van der Waals surface area contributed by atoms with E-state index < -0.39 is 29.8 Å². The third kappa shape index (κ3) is 6.22. The molecule has 2 N–H and O–H groups in total. The molecule has 222 valence electrons. The largest absolute Gasteiger partial charge is 0.493 e. The predicted molar refractivity (Wildman–Crippen MR) is 151 cm³/mol. The minimum atomic E-state index is -0.634. The van der Waals surface area contributed by atoms with Crippen molar-refractivity contribution in [1.82, 2.24) is 20.7 Å². The maximum absolute atomic E-state index is 14.5. The molecule has 43 heavy (non-hydrogen) atoms. The zero-order valence-electron chi connectivity index (χ0n) is 23.3. The smallest absolute Gasteiger partial charge is 0.258 e. The van der Waals surface area contributed by atoms with Gasteiger partial charge in [-0.3, -0.25) is 14.4 Å². The van der Waals surface area contributed by atoms with Crippen molar-refractivity contribution in [1.29, 1.82) is 0 Å². The van der Waals surface area contributed by atoms with Crippen molar-refractivity contribution < 1.29 is 37.5 Å². The van der Waals surface area contributed by atoms with Gasteiger partial charge in [0.2, 0.25) is 5.91 Å². The fourth-order valence-electron chi connectivity index (χ4n) is 5.30. The lowest BCUT2D eigenvalue weighted by atomic mass is 10.00. The molecule has 0 saturated carbocycles. The molecule has 12 heteroatoms. The Labute approximate surface area is 245 Å². The highest BCUT2D eigenvalue weighted by Gasteiger charge is 2.35. The first-order chi connectivity index (χ1) is 20.9. The molecule has 2 atom stereocenters. The van der Waals surface area contributed by atoms with Gasteiger partial charge in [-0.1, -0.05) is 17.3 Å². The summed E-state index contributed by atoms with van der Waals surface area (Å²) in [6.07, 6.45) is -0.177. The average molecular weight is 589 g/mol. The van der Waals surface area contributed by atoms with Crippen LogP contribution in [0.4, 0.5) is 4.39 Å². The number of ether oxygens (including phenoxy) is 3. The van der Waals surface area contributed by atoms with Crippen LogP contribution in [0.3, 0.4) is 0 Å². The Morgan fingerprint density at radius 1 is 1.14 bits per heavy atom. The molecule has 0 aliphatic carbocycles. The number of nitrogens with zero attached hydrogens (tertiary/aromatic N) is 2. The summed E-state index contributed by atoms with van der Waals surface area (Å²) in [7, 11) is 1.45. The number of hydrogen-bond donors (Lipinski definition) is 2. The molecule has 1 saturated heterocycles. The van der Waals surface area contributed by atoms with E-state index in [2.05, 4.69) is 15.8 Å². The summed E-state index contributed by atoms with van der Waals surface area (Å²) >= 11 is 0. The number of methoxy groups -OCH3 is 1. The first-order valence-corrected chi connectivity index (χ1v) is 13.8. The Hall–Kier alpha value is -5.13. The average Bonchev–Trinajstić information content (AvgIpc) is 3.41. The van der Waals surface area contributed by atoms with E-state index in [-0.39, 0.29) is 49.1 Å². The summed E-state index contributed by atoms with van der Waals surface area (Å²) in [5.41, 5.74) is 1.88. The minimum Gasteiger partial charge on any atom is -0.493 e. The number of aromatic nitrogens is 1. The highest BCUT2D eigenvalue weighted by atomic mass is 19.1. The van der Waals surface area contributed by atoms with Gasteiger partial charge in [-0.2, -0.15) is 0 Å². The number of rotatable bonds is 3. The van der Waals surface area contributed by atoms with Crippen molar-refractivity contribution >= 4 is 28.7 Å². The van der Waals surface area contributed by atoms with Crippen LogP contribution in [0.2, 0.25) is 0 Å². The van der Waals surface area contributed by atoms with Crippen molar-refractivity contribution in [3.05, 3.63) is 83.3 Å². The number of carbonyl (C=O) groups excluding carboxylic acids is 3. The minimum absolute atomic E-state index is 0.0291. The molecule has 11 nitrogen and oxygen atoms in total. The Bertz CT molecular complexity index is 1690. The van der Waals surface area contributed by atoms with Crippen LogP contribution in [-0.4, -0.2) is 66.7 Å². The van der Waals surface area contributed by atoms with Crippen molar-refractivity contribution in [2.24, 2.45) is 0 Å². The van der Waals surface area contributed by atoms with E-state index in [1.807, 2.05) is 18.2 Å². The summed E-state index contributed by atoms with van der Waals surface area (Å²) < 4.78 is 37.1. The number of para-hydroxylation sites is 1. The number of fused-ring (bicyclic) bond motifs is 6. The van der Waals surface area contributed by atoms with Gasteiger partial charge < -0.3 is 34.3 Å². The summed E-state index contributed by atoms with van der Waals surface area (Å²) in [6, 6.07) is 15.5. The number of nitrogens with one attached hydrogen (secondary N) is 2. The molecule has 3 aromatic carbocycles. The van der Waals surface area contributed by atoms with Crippen LogP contribution in [-0.2, 0) is 22.6 Å². The van der Waals surface area contributed by atoms with Crippen LogP contribution in [0.25, 0.3) is 11.0 Å². The number of piperidine rings is 1. The molecular formula is C31H29FN4O7. The van der Waals surface area contributed by atoms with Crippen LogP contribution in [0, 0.1) is 5.82 Å². The van der Waals surface area contributed by atoms with E-state index in [1.165, 1.54) is 25.3 Å². The van der Waals surface area contributed by atoms with Gasteiger partial charge >= 0.3 is 0 Å². The molecule has 1 fully saturated rings. The van der Waals surface area contributed by atoms with Crippen molar-refractivity contribution in [3.63, 3.8) is 0 Å². The number of amides is 3. The van der Waals surface area contributed by atoms with E-state index in [9.17, 15) is 18.8 Å². The van der Waals surface area contributed by atoms with Gasteiger partial charge in [0.25, 0.3) is 11.8 Å². The third-order valence-corrected chi connectivity index (χ3v) is 7.48. The maximum Gasteiger partial charge on any atom is 0.258 e. The van der Waals surface area contributed by atoms with E-state index >= 15 is 0 Å². The van der Waals surface area contributed by atoms with E-state index in [1.54, 1.807) is 29.2 Å². The summed E-state index contributed by atoms with van der Waals surface area (Å²) in [4.78, 5) is 41.0. The van der Waals surface area contributed by atoms with Crippen LogP contribution in [0.1, 0.15) is 28.0 Å². The Kier molecular flexibility index (Phi) is 7.82. The number of benzene rings is 3. The van der Waals surface area contributed by atoms with Gasteiger partial charge in [-0.25, -0.2) is 4.39 Å². The van der Waals surface area contributed by atoms with Gasteiger partial charge in [0, 0.05) is 43.1 Å². The van der Waals surface area contributed by atoms with Crippen LogP contribution in [0.15, 0.2) is 65.2 Å². The van der Waals surface area contributed by atoms with Crippen molar-refractivity contribution in [2.75, 3.05) is 26.8 Å². The number of halogens is 1. The van der Waals surface area contributed by atoms with Gasteiger partial charge in [0.05, 0.1) is 19.6 Å². The lowest BCUT2D eigenvalue weighted by molar-refractivity contribution is -0.133. The normalized spacial score (nSPS) is 19.0. The highest BCUT2D eigenvalue weighted by Crippen LogP contribution is 2.29. The number of likely N-dealkylation sites (tertiary alicyclic amines) is 1. The zero-order chi connectivity index (χ0) is 29.9. The van der Waals surface area contributed by atoms with Crippen LogP contribution in [0.5, 0.6) is 17.2 Å². The van der Waals surface area contributed by atoms with Crippen LogP contribution < -0.4 is 24.8 Å². The monoisotopic (exact) mass is 588 g/mol. The summed E-state index contributed by atoms with van der Waals surface area (Å²) in [5.74, 6) is -0.798. The fraction of sp³-hybridized carbons (Fsp3) is 0.290. The second-order valence-corrected chi connectivity index (χ2v) is 10.4. The van der Waals surface area contributed by atoms with E-state index in [0.717, 1.165) is 5.39 Å². The predicted octanol–water partition coefficient (Wildman–Crippen LogP) is 3.01. The van der Waals surface area contributed by atoms with Crippen molar-refractivity contribution in [3.8, 4) is 17.2 Å². The van der Waals surface area contributed by atoms with E-state index in [4.69, 9.17) is 18.7 Å². The molecule has 0 radical (unpaired) electrons. The first kappa shape index (κ1) is 28.0. The number of hydrogen-bond acceptors (Lipinski definition) is 8. The third-order valence-electron chi connectivity index (χ3n) is 7.48. The Morgan fingerprint density at radius 2 is 2.00 bits per heavy atom. The molecule has 4 aromatic rings. The summed E-state index contributed by atoms with van der Waals surface area (Å²) in [6.45, 7) is 0.215. The maximum atomic E-state index is 14.5. The second-order valence-electron chi connectivity index (χ2n) is 10.4. The second kappa shape index (κ2) is 12.0. The molecular weight excluding hydrogens is 559 g/mol. The fourth-order valence-corrected chi connectivity index (χ4v) is 5.30. The Balaban J connectivity index is 1.28. The molecule has 0 spiro atoms. The standard InChI is InChI=1S/C31H29FN4O7/c1-40-27-7-6-19-12-28(27)41-17-29(37)33-15-18-10-20(32)13-21(11-18)42-26-8-9-36(16-24(26)34-31(19)39)30(38)14-23-22-4-2-3-5-25(22)43-35-23/h2-7,10-13,24,26H,8-9,14-17H2,1H3,(H,33,37)(H,34,39)/t24-,26+/m0/s1.